The highest BCUT2D eigenvalue weighted by Gasteiger charge is 2.46. The molecule has 2 amide bonds. The molecule has 1 aromatic heterocycles. The van der Waals surface area contributed by atoms with E-state index in [4.69, 9.17) is 0 Å². The van der Waals surface area contributed by atoms with Gasteiger partial charge in [0.2, 0.25) is 11.8 Å². The zero-order valence-electron chi connectivity index (χ0n) is 10.4. The minimum absolute atomic E-state index is 0.339. The van der Waals surface area contributed by atoms with Crippen molar-refractivity contribution in [3.63, 3.8) is 0 Å². The van der Waals surface area contributed by atoms with E-state index in [9.17, 15) is 22.8 Å². The normalized spacial score (nSPS) is 18.9. The van der Waals surface area contributed by atoms with Crippen LogP contribution in [-0.4, -0.2) is 22.0 Å². The standard InChI is InChI=1S/C12H12F3N3O2/c13-12(14,15)9-8(5-16-17-9)18(10(19)6-1-2-6)11(20)7-3-4-7/h5-7H,1-4H2,(H,16,17). The van der Waals surface area contributed by atoms with Crippen LogP contribution in [0.1, 0.15) is 31.4 Å². The van der Waals surface area contributed by atoms with Gasteiger partial charge in [-0.1, -0.05) is 0 Å². The molecule has 1 N–H and O–H groups in total. The molecule has 0 bridgehead atoms. The van der Waals surface area contributed by atoms with Crippen LogP contribution in [0.4, 0.5) is 18.9 Å². The minimum Gasteiger partial charge on any atom is -0.274 e. The molecule has 2 aliphatic carbocycles. The molecule has 2 aliphatic rings. The van der Waals surface area contributed by atoms with Crippen molar-refractivity contribution in [3.8, 4) is 0 Å². The van der Waals surface area contributed by atoms with Gasteiger partial charge in [-0.3, -0.25) is 14.7 Å². The molecule has 108 valence electrons. The van der Waals surface area contributed by atoms with E-state index in [1.54, 1.807) is 0 Å². The SMILES string of the molecule is O=C(C1CC1)N(C(=O)C1CC1)c1cn[nH]c1C(F)(F)F. The van der Waals surface area contributed by atoms with Gasteiger partial charge < -0.3 is 0 Å². The van der Waals surface area contributed by atoms with E-state index in [-0.39, 0.29) is 11.8 Å². The van der Waals surface area contributed by atoms with Crippen LogP contribution in [0.3, 0.4) is 0 Å². The number of alkyl halides is 3. The average molecular weight is 287 g/mol. The first kappa shape index (κ1) is 13.1. The van der Waals surface area contributed by atoms with Gasteiger partial charge in [-0.2, -0.15) is 18.3 Å². The van der Waals surface area contributed by atoms with E-state index >= 15 is 0 Å². The van der Waals surface area contributed by atoms with Crippen molar-refractivity contribution in [1.82, 2.24) is 10.2 Å². The van der Waals surface area contributed by atoms with Crippen LogP contribution in [0.5, 0.6) is 0 Å². The molecule has 0 saturated heterocycles. The van der Waals surface area contributed by atoms with E-state index in [0.29, 0.717) is 30.6 Å². The molecule has 8 heteroatoms. The van der Waals surface area contributed by atoms with Crippen molar-refractivity contribution in [1.29, 1.82) is 0 Å². The number of imide groups is 1. The van der Waals surface area contributed by atoms with Gasteiger partial charge in [0, 0.05) is 11.8 Å². The van der Waals surface area contributed by atoms with E-state index < -0.39 is 29.4 Å². The number of rotatable bonds is 3. The zero-order valence-corrected chi connectivity index (χ0v) is 10.4. The number of H-pyrrole nitrogens is 1. The summed E-state index contributed by atoms with van der Waals surface area (Å²) in [5.74, 6) is -1.77. The van der Waals surface area contributed by atoms with Crippen LogP contribution in [0.25, 0.3) is 0 Å². The van der Waals surface area contributed by atoms with E-state index in [2.05, 4.69) is 5.10 Å². The predicted octanol–water partition coefficient (Wildman–Crippen LogP) is 2.11. The third-order valence-electron chi connectivity index (χ3n) is 3.44. The number of halogens is 3. The summed E-state index contributed by atoms with van der Waals surface area (Å²) in [5.41, 5.74) is -1.63. The van der Waals surface area contributed by atoms with Gasteiger partial charge in [0.05, 0.1) is 6.20 Å². The summed E-state index contributed by atoms with van der Waals surface area (Å²) < 4.78 is 38.6. The van der Waals surface area contributed by atoms with Crippen LogP contribution < -0.4 is 4.90 Å². The van der Waals surface area contributed by atoms with Crippen molar-refractivity contribution in [2.75, 3.05) is 4.90 Å². The lowest BCUT2D eigenvalue weighted by atomic mass is 10.2. The van der Waals surface area contributed by atoms with Gasteiger partial charge in [0.25, 0.3) is 0 Å². The van der Waals surface area contributed by atoms with E-state index in [1.165, 1.54) is 0 Å². The Kier molecular flexibility index (Phi) is 2.84. The monoisotopic (exact) mass is 287 g/mol. The number of hydrogen-bond acceptors (Lipinski definition) is 3. The number of hydrogen-bond donors (Lipinski definition) is 1. The zero-order chi connectivity index (χ0) is 14.5. The fraction of sp³-hybridized carbons (Fsp3) is 0.583. The summed E-state index contributed by atoms with van der Waals surface area (Å²) in [7, 11) is 0. The van der Waals surface area contributed by atoms with Crippen molar-refractivity contribution in [3.05, 3.63) is 11.9 Å². The number of anilines is 1. The topological polar surface area (TPSA) is 66.1 Å². The summed E-state index contributed by atoms with van der Waals surface area (Å²) >= 11 is 0. The minimum atomic E-state index is -4.68. The maximum Gasteiger partial charge on any atom is 0.434 e. The lowest BCUT2D eigenvalue weighted by Gasteiger charge is -2.21. The summed E-state index contributed by atoms with van der Waals surface area (Å²) in [6, 6.07) is 0. The first-order valence-electron chi connectivity index (χ1n) is 6.38. The van der Waals surface area contributed by atoms with Crippen molar-refractivity contribution in [2.45, 2.75) is 31.9 Å². The van der Waals surface area contributed by atoms with Crippen LogP contribution in [0, 0.1) is 11.8 Å². The highest BCUT2D eigenvalue weighted by atomic mass is 19.4. The van der Waals surface area contributed by atoms with Crippen LogP contribution in [0.2, 0.25) is 0 Å². The van der Waals surface area contributed by atoms with Gasteiger partial charge in [-0.05, 0) is 25.7 Å². The van der Waals surface area contributed by atoms with Crippen molar-refractivity contribution < 1.29 is 22.8 Å². The molecule has 0 atom stereocenters. The van der Waals surface area contributed by atoms with E-state index in [0.717, 1.165) is 6.20 Å². The van der Waals surface area contributed by atoms with Crippen molar-refractivity contribution in [2.24, 2.45) is 11.8 Å². The van der Waals surface area contributed by atoms with Gasteiger partial charge in [0.1, 0.15) is 5.69 Å². The Labute approximate surface area is 112 Å². The molecule has 0 spiro atoms. The molecule has 20 heavy (non-hydrogen) atoms. The predicted molar refractivity (Wildman–Crippen MR) is 61.5 cm³/mol. The molecule has 1 heterocycles. The van der Waals surface area contributed by atoms with Gasteiger partial charge in [0.15, 0.2) is 5.69 Å². The average Bonchev–Trinajstić information content (AvgIpc) is 3.26. The Morgan fingerprint density at radius 2 is 1.65 bits per heavy atom. The van der Waals surface area contributed by atoms with Gasteiger partial charge >= 0.3 is 6.18 Å². The Bertz CT molecular complexity index is 535. The van der Waals surface area contributed by atoms with Crippen LogP contribution in [-0.2, 0) is 15.8 Å². The molecule has 0 aliphatic heterocycles. The van der Waals surface area contributed by atoms with E-state index in [1.807, 2.05) is 5.10 Å². The summed E-state index contributed by atoms with van der Waals surface area (Å²) in [6.45, 7) is 0. The maximum atomic E-state index is 12.9. The fourth-order valence-corrected chi connectivity index (χ4v) is 2.03. The maximum absolute atomic E-state index is 12.9. The molecule has 1 aromatic rings. The van der Waals surface area contributed by atoms with Crippen molar-refractivity contribution >= 4 is 17.5 Å². The molecule has 0 radical (unpaired) electrons. The molecular weight excluding hydrogens is 275 g/mol. The second kappa shape index (κ2) is 4.32. The smallest absolute Gasteiger partial charge is 0.274 e. The number of nitrogens with zero attached hydrogens (tertiary/aromatic N) is 2. The van der Waals surface area contributed by atoms with Crippen LogP contribution in [0.15, 0.2) is 6.20 Å². The fourth-order valence-electron chi connectivity index (χ4n) is 2.03. The van der Waals surface area contributed by atoms with Gasteiger partial charge in [-0.15, -0.1) is 0 Å². The number of carbonyl (C=O) groups excluding carboxylic acids is 2. The first-order valence-corrected chi connectivity index (χ1v) is 6.38. The summed E-state index contributed by atoms with van der Waals surface area (Å²) in [5, 5.41) is 5.18. The Morgan fingerprint density at radius 3 is 2.05 bits per heavy atom. The third-order valence-corrected chi connectivity index (χ3v) is 3.44. The highest BCUT2D eigenvalue weighted by molar-refractivity contribution is 6.17. The van der Waals surface area contributed by atoms with Crippen LogP contribution >= 0.6 is 0 Å². The molecule has 0 aromatic carbocycles. The lowest BCUT2D eigenvalue weighted by Crippen LogP contribution is -2.40. The number of aromatic amines is 1. The van der Waals surface area contributed by atoms with Gasteiger partial charge in [-0.25, -0.2) is 4.90 Å². The Hall–Kier alpha value is -1.86. The molecule has 0 unspecified atom stereocenters. The quantitative estimate of drug-likeness (QED) is 0.866. The molecular formula is C12H12F3N3O2. The first-order chi connectivity index (χ1) is 9.39. The third kappa shape index (κ3) is 2.30. The summed E-state index contributed by atoms with van der Waals surface area (Å²) in [4.78, 5) is 25.0. The largest absolute Gasteiger partial charge is 0.434 e. The molecule has 2 saturated carbocycles. The highest BCUT2D eigenvalue weighted by Crippen LogP contribution is 2.41. The number of aromatic nitrogens is 2. The molecule has 5 nitrogen and oxygen atoms in total. The second-order valence-electron chi connectivity index (χ2n) is 5.19. The number of nitrogens with one attached hydrogen (secondary N) is 1. The summed E-state index contributed by atoms with van der Waals surface area (Å²) in [6.07, 6.45) is -1.32. The lowest BCUT2D eigenvalue weighted by molar-refractivity contribution is -0.140. The second-order valence-corrected chi connectivity index (χ2v) is 5.19. The Balaban J connectivity index is 1.98. The Morgan fingerprint density at radius 1 is 1.15 bits per heavy atom. The molecule has 3 rings (SSSR count). The number of carbonyl (C=O) groups is 2. The molecule has 2 fully saturated rings. The number of amides is 2.